The van der Waals surface area contributed by atoms with E-state index in [-0.39, 0.29) is 28.7 Å². The molecule has 0 fully saturated rings. The summed E-state index contributed by atoms with van der Waals surface area (Å²) in [5.74, 6) is 0.0305. The summed E-state index contributed by atoms with van der Waals surface area (Å²) in [5.41, 5.74) is 0.959. The van der Waals surface area contributed by atoms with Crippen molar-refractivity contribution in [2.75, 3.05) is 0 Å². The summed E-state index contributed by atoms with van der Waals surface area (Å²) in [5, 5.41) is 1.97. The minimum atomic E-state index is -2.94. The van der Waals surface area contributed by atoms with Crippen LogP contribution in [0, 0.1) is 0 Å². The number of carbonyl (C=O) groups excluding carboxylic acids is 2. The lowest BCUT2D eigenvalue weighted by Crippen LogP contribution is -2.68. The van der Waals surface area contributed by atoms with E-state index in [0.29, 0.717) is 6.42 Å². The van der Waals surface area contributed by atoms with Crippen LogP contribution in [0.3, 0.4) is 0 Å². The molecular weight excluding hydrogens is 541 g/mol. The number of aldehydes is 1. The third kappa shape index (κ3) is 8.01. The smallest absolute Gasteiger partial charge is 0.261 e. The zero-order valence-corrected chi connectivity index (χ0v) is 28.1. The highest BCUT2D eigenvalue weighted by atomic mass is 28.4. The lowest BCUT2D eigenvalue weighted by atomic mass is 10.0. The Bertz CT molecular complexity index is 1210. The van der Waals surface area contributed by atoms with Gasteiger partial charge in [0.05, 0.1) is 6.10 Å². The predicted molar refractivity (Wildman–Crippen MR) is 175 cm³/mol. The molecule has 0 aliphatic rings. The van der Waals surface area contributed by atoms with E-state index in [1.165, 1.54) is 0 Å². The normalized spacial score (nSPS) is 14.3. The van der Waals surface area contributed by atoms with Crippen molar-refractivity contribution < 1.29 is 18.4 Å². The molecule has 6 heteroatoms. The Morgan fingerprint density at radius 3 is 1.61 bits per heavy atom. The van der Waals surface area contributed by atoms with Crippen molar-refractivity contribution in [3.05, 3.63) is 96.6 Å². The van der Waals surface area contributed by atoms with Crippen LogP contribution in [0.25, 0.3) is 0 Å². The van der Waals surface area contributed by atoms with Gasteiger partial charge in [-0.05, 0) is 39.1 Å². The molecule has 0 aromatic heterocycles. The van der Waals surface area contributed by atoms with E-state index in [1.807, 2.05) is 42.5 Å². The Morgan fingerprint density at radius 1 is 0.732 bits per heavy atom. The van der Waals surface area contributed by atoms with Gasteiger partial charge in [-0.25, -0.2) is 0 Å². The lowest BCUT2D eigenvalue weighted by molar-refractivity contribution is -0.127. The number of hydrogen-bond acceptors (Lipinski definition) is 4. The van der Waals surface area contributed by atoms with Crippen LogP contribution in [0.2, 0.25) is 23.2 Å². The molecule has 41 heavy (non-hydrogen) atoms. The molecule has 0 aliphatic heterocycles. The highest BCUT2D eigenvalue weighted by Crippen LogP contribution is 2.40. The van der Waals surface area contributed by atoms with Gasteiger partial charge in [-0.15, -0.1) is 0 Å². The first-order valence-electron chi connectivity index (χ1n) is 14.7. The Labute approximate surface area is 249 Å². The van der Waals surface area contributed by atoms with E-state index < -0.39 is 28.8 Å². The van der Waals surface area contributed by atoms with Crippen molar-refractivity contribution in [1.82, 2.24) is 0 Å². The van der Waals surface area contributed by atoms with Gasteiger partial charge >= 0.3 is 0 Å². The molecule has 0 heterocycles. The largest absolute Gasteiger partial charge is 0.407 e. The lowest BCUT2D eigenvalue weighted by Gasteiger charge is -2.46. The van der Waals surface area contributed by atoms with E-state index in [4.69, 9.17) is 8.85 Å². The third-order valence-corrected chi connectivity index (χ3v) is 18.0. The van der Waals surface area contributed by atoms with Crippen molar-refractivity contribution in [2.24, 2.45) is 0 Å². The molecule has 3 rings (SSSR count). The summed E-state index contributed by atoms with van der Waals surface area (Å²) >= 11 is 0. The quantitative estimate of drug-likeness (QED) is 0.158. The van der Waals surface area contributed by atoms with Crippen LogP contribution in [0.5, 0.6) is 0 Å². The highest BCUT2D eigenvalue weighted by molar-refractivity contribution is 6.99. The first-order valence-corrected chi connectivity index (χ1v) is 19.5. The molecule has 0 spiro atoms. The van der Waals surface area contributed by atoms with Gasteiger partial charge in [0.2, 0.25) is 0 Å². The summed E-state index contributed by atoms with van der Waals surface area (Å²) in [7, 11) is -5.25. The molecule has 2 atom stereocenters. The summed E-state index contributed by atoms with van der Waals surface area (Å²) < 4.78 is 14.2. The zero-order chi connectivity index (χ0) is 30.3. The van der Waals surface area contributed by atoms with Crippen molar-refractivity contribution in [3.63, 3.8) is 0 Å². The number of carbonyl (C=O) groups is 2. The number of hydrogen-bond donors (Lipinski definition) is 0. The molecular formula is C35H48O4Si2. The van der Waals surface area contributed by atoms with Crippen molar-refractivity contribution in [1.29, 1.82) is 0 Å². The average Bonchev–Trinajstić information content (AvgIpc) is 2.91. The molecule has 4 nitrogen and oxygen atoms in total. The molecule has 0 bridgehead atoms. The molecule has 0 unspecified atom stereocenters. The number of benzene rings is 3. The van der Waals surface area contributed by atoms with Gasteiger partial charge in [0.1, 0.15) is 12.4 Å². The van der Waals surface area contributed by atoms with Crippen LogP contribution in [0.15, 0.2) is 91.0 Å². The predicted octanol–water partition coefficient (Wildman–Crippen LogP) is 7.11. The maximum Gasteiger partial charge on any atom is 0.261 e. The van der Waals surface area contributed by atoms with Crippen molar-refractivity contribution in [3.8, 4) is 0 Å². The fourth-order valence-corrected chi connectivity index (χ4v) is 11.2. The van der Waals surface area contributed by atoms with E-state index in [1.54, 1.807) is 0 Å². The maximum absolute atomic E-state index is 13.9. The van der Waals surface area contributed by atoms with Crippen LogP contribution in [0.4, 0.5) is 0 Å². The SMILES string of the molecule is CC(C)(C)[Si](C)(C)O[C@H](C[C@@H](CC=O)O[Si](c1ccccc1)(c1ccccc1)C(C)(C)C)C(=O)Cc1ccccc1. The fourth-order valence-electron chi connectivity index (χ4n) is 5.17. The summed E-state index contributed by atoms with van der Waals surface area (Å²) in [6.45, 7) is 17.6. The first-order chi connectivity index (χ1) is 19.2. The first kappa shape index (κ1) is 32.9. The van der Waals surface area contributed by atoms with Crippen LogP contribution in [0.1, 0.15) is 59.9 Å². The van der Waals surface area contributed by atoms with E-state index in [2.05, 4.69) is 103 Å². The summed E-state index contributed by atoms with van der Waals surface area (Å²) in [6.07, 6.45) is 0.593. The van der Waals surface area contributed by atoms with Gasteiger partial charge in [-0.3, -0.25) is 4.79 Å². The molecule has 0 aliphatic carbocycles. The molecule has 0 radical (unpaired) electrons. The number of ketones is 1. The molecule has 0 N–H and O–H groups in total. The van der Waals surface area contributed by atoms with Crippen LogP contribution in [-0.2, 0) is 24.9 Å². The van der Waals surface area contributed by atoms with Crippen LogP contribution >= 0.6 is 0 Å². The minimum Gasteiger partial charge on any atom is -0.407 e. The second kappa shape index (κ2) is 13.6. The Morgan fingerprint density at radius 2 is 1.20 bits per heavy atom. The highest BCUT2D eigenvalue weighted by Gasteiger charge is 2.52. The number of rotatable bonds is 13. The Hall–Kier alpha value is -2.65. The molecule has 3 aromatic carbocycles. The molecule has 0 saturated carbocycles. The van der Waals surface area contributed by atoms with Crippen LogP contribution < -0.4 is 10.4 Å². The maximum atomic E-state index is 13.9. The molecule has 3 aromatic rings. The second-order valence-electron chi connectivity index (χ2n) is 13.5. The van der Waals surface area contributed by atoms with Gasteiger partial charge in [0, 0.05) is 19.3 Å². The van der Waals surface area contributed by atoms with E-state index in [9.17, 15) is 9.59 Å². The molecule has 220 valence electrons. The average molecular weight is 589 g/mol. The molecule has 0 amide bonds. The van der Waals surface area contributed by atoms with Gasteiger partial charge in [-0.2, -0.15) is 0 Å². The van der Waals surface area contributed by atoms with Gasteiger partial charge < -0.3 is 13.6 Å². The van der Waals surface area contributed by atoms with E-state index >= 15 is 0 Å². The van der Waals surface area contributed by atoms with Gasteiger partial charge in [0.25, 0.3) is 8.32 Å². The fraction of sp³-hybridized carbons (Fsp3) is 0.429. The Balaban J connectivity index is 2.08. The standard InChI is InChI=1S/C35H48O4Si2/c1-34(2,3)40(7,8)39-33(32(37)26-28-18-12-9-13-19-28)27-29(24-25-36)38-41(35(4,5)6,30-20-14-10-15-21-30)31-22-16-11-17-23-31/h9-23,25,29,33H,24,26-27H2,1-8H3/t29-,33-/m1/s1. The Kier molecular flexibility index (Phi) is 10.9. The molecule has 0 saturated heterocycles. The monoisotopic (exact) mass is 588 g/mol. The minimum absolute atomic E-state index is 0.0305. The topological polar surface area (TPSA) is 52.6 Å². The van der Waals surface area contributed by atoms with Crippen LogP contribution in [-0.4, -0.2) is 40.9 Å². The van der Waals surface area contributed by atoms with Crippen molar-refractivity contribution >= 4 is 39.1 Å². The van der Waals surface area contributed by atoms with Gasteiger partial charge in [0.15, 0.2) is 14.1 Å². The second-order valence-corrected chi connectivity index (χ2v) is 22.5. The third-order valence-electron chi connectivity index (χ3n) is 8.42. The van der Waals surface area contributed by atoms with E-state index in [0.717, 1.165) is 22.2 Å². The van der Waals surface area contributed by atoms with Gasteiger partial charge in [-0.1, -0.05) is 133 Å². The number of Topliss-reactive ketones (excluding diaryl/α,β-unsaturated/α-hetero) is 1. The summed E-state index contributed by atoms with van der Waals surface area (Å²) in [4.78, 5) is 26.1. The zero-order valence-electron chi connectivity index (χ0n) is 26.1. The van der Waals surface area contributed by atoms with Crippen molar-refractivity contribution in [2.45, 2.75) is 96.2 Å². The summed E-state index contributed by atoms with van der Waals surface area (Å²) in [6, 6.07) is 30.6.